The van der Waals surface area contributed by atoms with Gasteiger partial charge < -0.3 is 10.6 Å². The average molecular weight is 365 g/mol. The van der Waals surface area contributed by atoms with Gasteiger partial charge in [0.1, 0.15) is 0 Å². The first-order valence-corrected chi connectivity index (χ1v) is 9.07. The van der Waals surface area contributed by atoms with E-state index in [1.807, 2.05) is 23.7 Å². The van der Waals surface area contributed by atoms with Gasteiger partial charge in [-0.3, -0.25) is 4.68 Å². The predicted octanol–water partition coefficient (Wildman–Crippen LogP) is 4.97. The Morgan fingerprint density at radius 3 is 2.54 bits per heavy atom. The number of aromatic nitrogens is 2. The molecule has 0 spiro atoms. The molecule has 0 saturated heterocycles. The normalized spacial score (nSPS) is 10.6. The lowest BCUT2D eigenvalue weighted by Gasteiger charge is -2.14. The van der Waals surface area contributed by atoms with E-state index in [0.29, 0.717) is 5.11 Å². The van der Waals surface area contributed by atoms with Crippen LogP contribution in [0.1, 0.15) is 28.1 Å². The molecule has 1 aromatic heterocycles. The molecular formula is C21H24N4S. The minimum atomic E-state index is 0.585. The van der Waals surface area contributed by atoms with Crippen molar-refractivity contribution in [2.24, 2.45) is 0 Å². The Morgan fingerprint density at radius 2 is 1.81 bits per heavy atom. The Hall–Kier alpha value is -2.66. The van der Waals surface area contributed by atoms with Crippen molar-refractivity contribution in [3.63, 3.8) is 0 Å². The van der Waals surface area contributed by atoms with E-state index in [1.165, 1.54) is 11.1 Å². The van der Waals surface area contributed by atoms with Crippen molar-refractivity contribution in [2.45, 2.75) is 34.2 Å². The van der Waals surface area contributed by atoms with E-state index in [2.05, 4.69) is 72.9 Å². The van der Waals surface area contributed by atoms with Crippen LogP contribution in [0.25, 0.3) is 0 Å². The lowest BCUT2D eigenvalue weighted by molar-refractivity contribution is 0.659. The molecule has 0 aliphatic heterocycles. The van der Waals surface area contributed by atoms with Gasteiger partial charge in [-0.25, -0.2) is 0 Å². The molecule has 0 aliphatic rings. The number of hydrogen-bond acceptors (Lipinski definition) is 2. The van der Waals surface area contributed by atoms with Gasteiger partial charge in [0, 0.05) is 17.1 Å². The Morgan fingerprint density at radius 1 is 1.00 bits per heavy atom. The summed E-state index contributed by atoms with van der Waals surface area (Å²) in [7, 11) is 0. The summed E-state index contributed by atoms with van der Waals surface area (Å²) in [5, 5.41) is 11.7. The molecular weight excluding hydrogens is 340 g/mol. The maximum absolute atomic E-state index is 5.48. The van der Waals surface area contributed by atoms with Gasteiger partial charge in [0.05, 0.1) is 12.2 Å². The second-order valence-corrected chi connectivity index (χ2v) is 7.09. The summed E-state index contributed by atoms with van der Waals surface area (Å²) < 4.78 is 2.02. The van der Waals surface area contributed by atoms with Crippen LogP contribution in [-0.4, -0.2) is 14.9 Å². The Kier molecular flexibility index (Phi) is 5.38. The van der Waals surface area contributed by atoms with Crippen LogP contribution >= 0.6 is 12.2 Å². The smallest absolute Gasteiger partial charge is 0.175 e. The second-order valence-electron chi connectivity index (χ2n) is 6.68. The lowest BCUT2D eigenvalue weighted by Crippen LogP contribution is -2.19. The van der Waals surface area contributed by atoms with Gasteiger partial charge in [0.15, 0.2) is 5.11 Å². The van der Waals surface area contributed by atoms with Gasteiger partial charge in [-0.1, -0.05) is 24.3 Å². The summed E-state index contributed by atoms with van der Waals surface area (Å²) in [5.41, 5.74) is 7.73. The third kappa shape index (κ3) is 4.49. The van der Waals surface area contributed by atoms with Crippen molar-refractivity contribution in [2.75, 3.05) is 10.6 Å². The fourth-order valence-corrected chi connectivity index (χ4v) is 3.14. The lowest BCUT2D eigenvalue weighted by atomic mass is 10.1. The molecule has 1 heterocycles. The van der Waals surface area contributed by atoms with Gasteiger partial charge in [-0.05, 0) is 80.9 Å². The molecule has 2 aromatic carbocycles. The number of benzene rings is 2. The Balaban J connectivity index is 1.69. The zero-order valence-electron chi connectivity index (χ0n) is 15.6. The quantitative estimate of drug-likeness (QED) is 0.641. The highest BCUT2D eigenvalue weighted by Crippen LogP contribution is 2.18. The van der Waals surface area contributed by atoms with Crippen LogP contribution in [0.5, 0.6) is 0 Å². The van der Waals surface area contributed by atoms with E-state index in [1.54, 1.807) is 0 Å². The fourth-order valence-electron chi connectivity index (χ4n) is 2.91. The molecule has 0 amide bonds. The fraction of sp³-hybridized carbons (Fsp3) is 0.238. The minimum absolute atomic E-state index is 0.585. The number of rotatable bonds is 4. The number of aryl methyl sites for hydroxylation is 4. The van der Waals surface area contributed by atoms with Crippen LogP contribution in [0.2, 0.25) is 0 Å². The second kappa shape index (κ2) is 7.70. The number of nitrogens with zero attached hydrogens (tertiary/aromatic N) is 2. The Bertz CT molecular complexity index is 943. The molecule has 4 nitrogen and oxygen atoms in total. The zero-order valence-corrected chi connectivity index (χ0v) is 16.4. The zero-order chi connectivity index (χ0) is 18.7. The van der Waals surface area contributed by atoms with Gasteiger partial charge in [0.25, 0.3) is 0 Å². The van der Waals surface area contributed by atoms with Crippen molar-refractivity contribution in [3.05, 3.63) is 76.6 Å². The molecule has 0 fully saturated rings. The van der Waals surface area contributed by atoms with Crippen LogP contribution < -0.4 is 10.6 Å². The number of hydrogen-bond donors (Lipinski definition) is 2. The summed E-state index contributed by atoms with van der Waals surface area (Å²) >= 11 is 5.48. The SMILES string of the molecule is Cc1ccc(C)c(NC(=S)Nc2cccc(Cn3nc(C)cc3C)c2)c1. The molecule has 5 heteroatoms. The summed E-state index contributed by atoms with van der Waals surface area (Å²) in [6.07, 6.45) is 0. The van der Waals surface area contributed by atoms with Crippen LogP contribution in [0, 0.1) is 27.7 Å². The first kappa shape index (κ1) is 18.1. The molecule has 2 N–H and O–H groups in total. The highest BCUT2D eigenvalue weighted by molar-refractivity contribution is 7.80. The third-order valence-corrected chi connectivity index (χ3v) is 4.47. The standard InChI is InChI=1S/C21H24N4S/c1-14-8-9-15(2)20(10-14)23-21(26)22-19-7-5-6-18(12-19)13-25-17(4)11-16(3)24-25/h5-12H,13H2,1-4H3,(H2,22,23,26). The molecule has 0 unspecified atom stereocenters. The van der Waals surface area contributed by atoms with Crippen molar-refractivity contribution in [3.8, 4) is 0 Å². The molecule has 134 valence electrons. The van der Waals surface area contributed by atoms with Crippen molar-refractivity contribution in [1.82, 2.24) is 9.78 Å². The van der Waals surface area contributed by atoms with E-state index >= 15 is 0 Å². The molecule has 26 heavy (non-hydrogen) atoms. The van der Waals surface area contributed by atoms with E-state index < -0.39 is 0 Å². The number of nitrogens with one attached hydrogen (secondary N) is 2. The minimum Gasteiger partial charge on any atom is -0.332 e. The summed E-state index contributed by atoms with van der Waals surface area (Å²) in [6, 6.07) is 16.6. The van der Waals surface area contributed by atoms with E-state index in [-0.39, 0.29) is 0 Å². The summed E-state index contributed by atoms with van der Waals surface area (Å²) in [6.45, 7) is 8.97. The van der Waals surface area contributed by atoms with Crippen molar-refractivity contribution >= 4 is 28.7 Å². The van der Waals surface area contributed by atoms with E-state index in [0.717, 1.165) is 34.9 Å². The molecule has 0 radical (unpaired) electrons. The number of thiocarbonyl (C=S) groups is 1. The monoisotopic (exact) mass is 364 g/mol. The highest BCUT2D eigenvalue weighted by Gasteiger charge is 2.05. The Labute approximate surface area is 160 Å². The molecule has 3 aromatic rings. The summed E-state index contributed by atoms with van der Waals surface area (Å²) in [4.78, 5) is 0. The molecule has 0 saturated carbocycles. The van der Waals surface area contributed by atoms with Crippen LogP contribution in [0.3, 0.4) is 0 Å². The largest absolute Gasteiger partial charge is 0.332 e. The first-order chi connectivity index (χ1) is 12.4. The van der Waals surface area contributed by atoms with Gasteiger partial charge in [-0.2, -0.15) is 5.10 Å². The maximum atomic E-state index is 5.48. The van der Waals surface area contributed by atoms with Crippen molar-refractivity contribution < 1.29 is 0 Å². The molecule has 0 bridgehead atoms. The molecule has 0 aliphatic carbocycles. The molecule has 3 rings (SSSR count). The third-order valence-electron chi connectivity index (χ3n) is 4.26. The van der Waals surface area contributed by atoms with Crippen LogP contribution in [0.4, 0.5) is 11.4 Å². The van der Waals surface area contributed by atoms with Crippen molar-refractivity contribution in [1.29, 1.82) is 0 Å². The van der Waals surface area contributed by atoms with Gasteiger partial charge >= 0.3 is 0 Å². The maximum Gasteiger partial charge on any atom is 0.175 e. The highest BCUT2D eigenvalue weighted by atomic mass is 32.1. The van der Waals surface area contributed by atoms with E-state index in [4.69, 9.17) is 12.2 Å². The summed E-state index contributed by atoms with van der Waals surface area (Å²) in [5.74, 6) is 0. The number of anilines is 2. The predicted molar refractivity (Wildman–Crippen MR) is 113 cm³/mol. The van der Waals surface area contributed by atoms with E-state index in [9.17, 15) is 0 Å². The van der Waals surface area contributed by atoms with Crippen LogP contribution in [-0.2, 0) is 6.54 Å². The van der Waals surface area contributed by atoms with Gasteiger partial charge in [0.2, 0.25) is 0 Å². The average Bonchev–Trinajstić information content (AvgIpc) is 2.88. The molecule has 0 atom stereocenters. The topological polar surface area (TPSA) is 41.9 Å². The van der Waals surface area contributed by atoms with Crippen LogP contribution in [0.15, 0.2) is 48.5 Å². The van der Waals surface area contributed by atoms with Gasteiger partial charge in [-0.15, -0.1) is 0 Å². The first-order valence-electron chi connectivity index (χ1n) is 8.66.